The van der Waals surface area contributed by atoms with Gasteiger partial charge in [-0.2, -0.15) is 5.26 Å². The van der Waals surface area contributed by atoms with Crippen molar-refractivity contribution in [2.24, 2.45) is 0 Å². The maximum atomic E-state index is 12.0. The minimum atomic E-state index is -0.701. The van der Waals surface area contributed by atoms with Crippen molar-refractivity contribution in [3.8, 4) is 17.6 Å². The van der Waals surface area contributed by atoms with Gasteiger partial charge < -0.3 is 24.3 Å². The zero-order valence-corrected chi connectivity index (χ0v) is 16.4. The van der Waals surface area contributed by atoms with Crippen molar-refractivity contribution in [2.45, 2.75) is 0 Å². The first-order valence-corrected chi connectivity index (χ1v) is 8.90. The van der Waals surface area contributed by atoms with Crippen molar-refractivity contribution in [2.75, 3.05) is 20.8 Å². The molecule has 0 saturated heterocycles. The van der Waals surface area contributed by atoms with Gasteiger partial charge in [-0.25, -0.2) is 9.78 Å². The molecule has 152 valence electrons. The summed E-state index contributed by atoms with van der Waals surface area (Å²) < 4.78 is 15.4. The number of nitrogens with one attached hydrogen (secondary N) is 1. The van der Waals surface area contributed by atoms with Gasteiger partial charge in [-0.1, -0.05) is 12.1 Å². The van der Waals surface area contributed by atoms with Gasteiger partial charge in [0.05, 0.1) is 25.3 Å². The predicted octanol–water partition coefficient (Wildman–Crippen LogP) is 3.63. The number of benzene rings is 2. The molecule has 0 aliphatic heterocycles. The maximum absolute atomic E-state index is 12.0. The van der Waals surface area contributed by atoms with Crippen LogP contribution in [-0.2, 0) is 9.53 Å². The van der Waals surface area contributed by atoms with Gasteiger partial charge in [0.1, 0.15) is 29.7 Å². The van der Waals surface area contributed by atoms with E-state index in [1.807, 2.05) is 18.2 Å². The highest BCUT2D eigenvalue weighted by atomic mass is 16.5. The Morgan fingerprint density at radius 2 is 2.03 bits per heavy atom. The fourth-order valence-electron chi connectivity index (χ4n) is 2.71. The standard InChI is InChI=1S/C22H19N3O5/c1-28-15-8-9-20(29-2)14(11-15)7-10-21(27)30-13-19(26)16(12-23)22-24-17-5-3-4-6-18(17)25-22/h3-11,26H,13H2,1-2H3,(H,24,25)/b10-7+,19-16-. The molecule has 0 atom stereocenters. The molecule has 8 nitrogen and oxygen atoms in total. The number of carbonyl (C=O) groups excluding carboxylic acids is 1. The van der Waals surface area contributed by atoms with Crippen LogP contribution in [0.2, 0.25) is 0 Å². The van der Waals surface area contributed by atoms with E-state index in [2.05, 4.69) is 9.97 Å². The molecule has 0 amide bonds. The summed E-state index contributed by atoms with van der Waals surface area (Å²) in [6.07, 6.45) is 2.70. The lowest BCUT2D eigenvalue weighted by Crippen LogP contribution is -2.06. The summed E-state index contributed by atoms with van der Waals surface area (Å²) in [6, 6.07) is 14.3. The van der Waals surface area contributed by atoms with Gasteiger partial charge in [0, 0.05) is 11.6 Å². The lowest BCUT2D eigenvalue weighted by Gasteiger charge is -2.07. The third kappa shape index (κ3) is 4.59. The fourth-order valence-corrected chi connectivity index (χ4v) is 2.71. The number of rotatable bonds is 7. The number of nitriles is 1. The summed E-state index contributed by atoms with van der Waals surface area (Å²) in [5.41, 5.74) is 1.89. The van der Waals surface area contributed by atoms with Crippen LogP contribution in [-0.4, -0.2) is 41.9 Å². The molecule has 30 heavy (non-hydrogen) atoms. The molecular formula is C22H19N3O5. The topological polar surface area (TPSA) is 117 Å². The van der Waals surface area contributed by atoms with Crippen molar-refractivity contribution in [3.05, 3.63) is 65.7 Å². The average molecular weight is 405 g/mol. The third-order valence-corrected chi connectivity index (χ3v) is 4.21. The number of fused-ring (bicyclic) bond motifs is 1. The number of hydrogen-bond acceptors (Lipinski definition) is 7. The molecule has 1 aromatic heterocycles. The van der Waals surface area contributed by atoms with E-state index < -0.39 is 18.3 Å². The normalized spacial score (nSPS) is 11.8. The van der Waals surface area contributed by atoms with Gasteiger partial charge in [0.25, 0.3) is 0 Å². The summed E-state index contributed by atoms with van der Waals surface area (Å²) >= 11 is 0. The van der Waals surface area contributed by atoms with Gasteiger partial charge in [0.2, 0.25) is 0 Å². The Labute approximate surface area is 172 Å². The molecule has 0 fully saturated rings. The van der Waals surface area contributed by atoms with Crippen molar-refractivity contribution >= 4 is 28.7 Å². The Bertz CT molecular complexity index is 1140. The van der Waals surface area contributed by atoms with Crippen LogP contribution in [0, 0.1) is 11.3 Å². The van der Waals surface area contributed by atoms with Crippen LogP contribution >= 0.6 is 0 Å². The van der Waals surface area contributed by atoms with Crippen molar-refractivity contribution in [1.29, 1.82) is 5.26 Å². The number of hydrogen-bond donors (Lipinski definition) is 2. The van der Waals surface area contributed by atoms with E-state index in [4.69, 9.17) is 14.2 Å². The van der Waals surface area contributed by atoms with Crippen LogP contribution in [0.1, 0.15) is 11.4 Å². The van der Waals surface area contributed by atoms with E-state index >= 15 is 0 Å². The molecule has 0 unspecified atom stereocenters. The lowest BCUT2D eigenvalue weighted by molar-refractivity contribution is -0.137. The molecule has 2 aromatic carbocycles. The number of esters is 1. The summed E-state index contributed by atoms with van der Waals surface area (Å²) in [7, 11) is 3.05. The van der Waals surface area contributed by atoms with E-state index in [0.29, 0.717) is 22.6 Å². The van der Waals surface area contributed by atoms with Crippen LogP contribution in [0.15, 0.2) is 54.3 Å². The Hall–Kier alpha value is -4.25. The van der Waals surface area contributed by atoms with Gasteiger partial charge in [-0.15, -0.1) is 0 Å². The largest absolute Gasteiger partial charge is 0.507 e. The molecule has 3 rings (SSSR count). The van der Waals surface area contributed by atoms with Crippen LogP contribution in [0.4, 0.5) is 0 Å². The monoisotopic (exact) mass is 405 g/mol. The number of imidazole rings is 1. The van der Waals surface area contributed by atoms with Crippen molar-refractivity contribution in [3.63, 3.8) is 0 Å². The van der Waals surface area contributed by atoms with E-state index in [-0.39, 0.29) is 11.4 Å². The summed E-state index contributed by atoms with van der Waals surface area (Å²) in [4.78, 5) is 19.3. The second kappa shape index (κ2) is 9.30. The number of aliphatic hydroxyl groups excluding tert-OH is 1. The average Bonchev–Trinajstić information content (AvgIpc) is 3.20. The Kier molecular flexibility index (Phi) is 6.35. The number of allylic oxidation sites excluding steroid dienone is 1. The Morgan fingerprint density at radius 3 is 2.73 bits per heavy atom. The summed E-state index contributed by atoms with van der Waals surface area (Å²) in [6.45, 7) is -0.474. The van der Waals surface area contributed by atoms with Crippen LogP contribution in [0.3, 0.4) is 0 Å². The minimum absolute atomic E-state index is 0.0996. The highest BCUT2D eigenvalue weighted by Gasteiger charge is 2.14. The van der Waals surface area contributed by atoms with Crippen LogP contribution < -0.4 is 9.47 Å². The zero-order valence-electron chi connectivity index (χ0n) is 16.4. The second-order valence-corrected chi connectivity index (χ2v) is 6.08. The first-order chi connectivity index (χ1) is 14.5. The molecule has 0 bridgehead atoms. The molecular weight excluding hydrogens is 386 g/mol. The first-order valence-electron chi connectivity index (χ1n) is 8.90. The Balaban J connectivity index is 1.71. The third-order valence-electron chi connectivity index (χ3n) is 4.21. The highest BCUT2D eigenvalue weighted by molar-refractivity contribution is 5.88. The van der Waals surface area contributed by atoms with E-state index in [9.17, 15) is 15.2 Å². The second-order valence-electron chi connectivity index (χ2n) is 6.08. The molecule has 3 aromatic rings. The van der Waals surface area contributed by atoms with Crippen LogP contribution in [0.25, 0.3) is 22.7 Å². The highest BCUT2D eigenvalue weighted by Crippen LogP contribution is 2.25. The van der Waals surface area contributed by atoms with Gasteiger partial charge in [0.15, 0.2) is 11.6 Å². The SMILES string of the molecule is COc1ccc(OC)c(/C=C/C(=O)OC/C(O)=C(\C#N)c2nc3ccccc3[nH]2)c1. The smallest absolute Gasteiger partial charge is 0.331 e. The fraction of sp³-hybridized carbons (Fsp3) is 0.136. The number of carbonyl (C=O) groups is 1. The quantitative estimate of drug-likeness (QED) is 0.267. The summed E-state index contributed by atoms with van der Waals surface area (Å²) in [5, 5.41) is 19.6. The molecule has 0 aliphatic carbocycles. The number of ether oxygens (including phenoxy) is 3. The predicted molar refractivity (Wildman–Crippen MR) is 111 cm³/mol. The minimum Gasteiger partial charge on any atom is -0.507 e. The zero-order chi connectivity index (χ0) is 21.5. The van der Waals surface area contributed by atoms with Crippen molar-refractivity contribution < 1.29 is 24.1 Å². The molecule has 0 spiro atoms. The number of para-hydroxylation sites is 2. The molecule has 1 heterocycles. The Morgan fingerprint density at radius 1 is 1.23 bits per heavy atom. The molecule has 8 heteroatoms. The number of aromatic nitrogens is 2. The summed E-state index contributed by atoms with van der Waals surface area (Å²) in [5.74, 6) is 0.252. The number of methoxy groups -OCH3 is 2. The number of aliphatic hydroxyl groups is 1. The number of H-pyrrole nitrogens is 1. The number of aromatic amines is 1. The van der Waals surface area contributed by atoms with Crippen LogP contribution in [0.5, 0.6) is 11.5 Å². The van der Waals surface area contributed by atoms with E-state index in [1.165, 1.54) is 26.4 Å². The molecule has 0 saturated carbocycles. The van der Waals surface area contributed by atoms with Crippen molar-refractivity contribution in [1.82, 2.24) is 9.97 Å². The lowest BCUT2D eigenvalue weighted by atomic mass is 10.1. The van der Waals surface area contributed by atoms with Gasteiger partial charge in [-0.3, -0.25) is 0 Å². The molecule has 0 aliphatic rings. The molecule has 0 radical (unpaired) electrons. The van der Waals surface area contributed by atoms with Gasteiger partial charge in [-0.05, 0) is 36.4 Å². The van der Waals surface area contributed by atoms with Gasteiger partial charge >= 0.3 is 5.97 Å². The van der Waals surface area contributed by atoms with E-state index in [1.54, 1.807) is 30.3 Å². The maximum Gasteiger partial charge on any atom is 0.331 e. The first kappa shape index (κ1) is 20.5. The number of nitrogens with zero attached hydrogens (tertiary/aromatic N) is 2. The van der Waals surface area contributed by atoms with E-state index in [0.717, 1.165) is 5.52 Å². The molecule has 2 N–H and O–H groups in total.